The monoisotopic (exact) mass is 331 g/mol. The number of hydrogen-bond acceptors (Lipinski definition) is 1. The molecule has 0 aliphatic rings. The van der Waals surface area contributed by atoms with Crippen molar-refractivity contribution in [3.63, 3.8) is 0 Å². The molecule has 2 heteroatoms. The zero-order valence-corrected chi connectivity index (χ0v) is 14.0. The molecular formula is C18H22BrN. The SMILES string of the molecule is CC(C)(C)c1ccc(CNCc2cccc(Br)c2)cc1. The molecule has 2 rings (SSSR count). The molecular weight excluding hydrogens is 310 g/mol. The lowest BCUT2D eigenvalue weighted by Crippen LogP contribution is -2.14. The maximum Gasteiger partial charge on any atom is 0.0209 e. The van der Waals surface area contributed by atoms with E-state index in [0.717, 1.165) is 17.6 Å². The van der Waals surface area contributed by atoms with Crippen LogP contribution in [0.1, 0.15) is 37.5 Å². The van der Waals surface area contributed by atoms with Gasteiger partial charge in [0.1, 0.15) is 0 Å². The Labute approximate surface area is 130 Å². The van der Waals surface area contributed by atoms with Gasteiger partial charge < -0.3 is 5.32 Å². The third kappa shape index (κ3) is 4.46. The molecule has 2 aromatic carbocycles. The Balaban J connectivity index is 1.88. The quantitative estimate of drug-likeness (QED) is 0.827. The Morgan fingerprint density at radius 2 is 1.55 bits per heavy atom. The molecule has 0 amide bonds. The number of hydrogen-bond donors (Lipinski definition) is 1. The van der Waals surface area contributed by atoms with Gasteiger partial charge in [0, 0.05) is 17.6 Å². The van der Waals surface area contributed by atoms with Crippen molar-refractivity contribution in [1.29, 1.82) is 0 Å². The highest BCUT2D eigenvalue weighted by Crippen LogP contribution is 2.22. The van der Waals surface area contributed by atoms with Crippen LogP contribution in [-0.4, -0.2) is 0 Å². The predicted octanol–water partition coefficient (Wildman–Crippen LogP) is 5.04. The second-order valence-electron chi connectivity index (χ2n) is 6.18. The van der Waals surface area contributed by atoms with Crippen molar-refractivity contribution in [3.8, 4) is 0 Å². The zero-order valence-electron chi connectivity index (χ0n) is 12.4. The summed E-state index contributed by atoms with van der Waals surface area (Å²) in [6.07, 6.45) is 0. The lowest BCUT2D eigenvalue weighted by molar-refractivity contribution is 0.589. The van der Waals surface area contributed by atoms with Gasteiger partial charge in [0.2, 0.25) is 0 Å². The fourth-order valence-electron chi connectivity index (χ4n) is 2.12. The number of nitrogens with one attached hydrogen (secondary N) is 1. The molecule has 0 unspecified atom stereocenters. The van der Waals surface area contributed by atoms with Crippen LogP contribution in [0.25, 0.3) is 0 Å². The fourth-order valence-corrected chi connectivity index (χ4v) is 2.57. The normalized spacial score (nSPS) is 11.6. The Morgan fingerprint density at radius 3 is 2.15 bits per heavy atom. The van der Waals surface area contributed by atoms with Gasteiger partial charge in [-0.25, -0.2) is 0 Å². The molecule has 0 fully saturated rings. The second kappa shape index (κ2) is 6.55. The minimum Gasteiger partial charge on any atom is -0.309 e. The summed E-state index contributed by atoms with van der Waals surface area (Å²) in [6.45, 7) is 8.52. The van der Waals surface area contributed by atoms with Crippen molar-refractivity contribution in [1.82, 2.24) is 5.32 Å². The van der Waals surface area contributed by atoms with Crippen LogP contribution in [0.4, 0.5) is 0 Å². The van der Waals surface area contributed by atoms with E-state index in [9.17, 15) is 0 Å². The molecule has 0 aliphatic carbocycles. The highest BCUT2D eigenvalue weighted by atomic mass is 79.9. The van der Waals surface area contributed by atoms with Crippen molar-refractivity contribution >= 4 is 15.9 Å². The van der Waals surface area contributed by atoms with Crippen molar-refractivity contribution in [3.05, 3.63) is 69.7 Å². The van der Waals surface area contributed by atoms with Crippen LogP contribution in [0.2, 0.25) is 0 Å². The summed E-state index contributed by atoms with van der Waals surface area (Å²) in [7, 11) is 0. The van der Waals surface area contributed by atoms with E-state index in [1.54, 1.807) is 0 Å². The van der Waals surface area contributed by atoms with Crippen LogP contribution < -0.4 is 5.32 Å². The van der Waals surface area contributed by atoms with Gasteiger partial charge in [-0.2, -0.15) is 0 Å². The molecule has 1 nitrogen and oxygen atoms in total. The average molecular weight is 332 g/mol. The summed E-state index contributed by atoms with van der Waals surface area (Å²) in [5.74, 6) is 0. The fraction of sp³-hybridized carbons (Fsp3) is 0.333. The molecule has 0 saturated carbocycles. The first-order chi connectivity index (χ1) is 9.45. The average Bonchev–Trinajstić information content (AvgIpc) is 2.38. The maximum absolute atomic E-state index is 3.50. The largest absolute Gasteiger partial charge is 0.309 e. The molecule has 0 aliphatic heterocycles. The molecule has 1 N–H and O–H groups in total. The molecule has 0 aromatic heterocycles. The van der Waals surface area contributed by atoms with Gasteiger partial charge in [0.25, 0.3) is 0 Å². The Kier molecular flexibility index (Phi) is 5.00. The van der Waals surface area contributed by atoms with E-state index < -0.39 is 0 Å². The molecule has 0 atom stereocenters. The molecule has 20 heavy (non-hydrogen) atoms. The molecule has 0 bridgehead atoms. The van der Waals surface area contributed by atoms with E-state index >= 15 is 0 Å². The van der Waals surface area contributed by atoms with Crippen LogP contribution in [-0.2, 0) is 18.5 Å². The minimum atomic E-state index is 0.224. The van der Waals surface area contributed by atoms with Crippen LogP contribution >= 0.6 is 15.9 Å². The van der Waals surface area contributed by atoms with Gasteiger partial charge in [0.15, 0.2) is 0 Å². The Bertz CT molecular complexity index is 552. The van der Waals surface area contributed by atoms with Crippen LogP contribution in [0, 0.1) is 0 Å². The molecule has 2 aromatic rings. The summed E-state index contributed by atoms with van der Waals surface area (Å²) >= 11 is 3.50. The lowest BCUT2D eigenvalue weighted by Gasteiger charge is -2.19. The first-order valence-electron chi connectivity index (χ1n) is 7.00. The number of halogens is 1. The van der Waals surface area contributed by atoms with Gasteiger partial charge in [-0.3, -0.25) is 0 Å². The van der Waals surface area contributed by atoms with Crippen LogP contribution in [0.3, 0.4) is 0 Å². The van der Waals surface area contributed by atoms with Crippen molar-refractivity contribution in [2.24, 2.45) is 0 Å². The molecule has 0 saturated heterocycles. The van der Waals surface area contributed by atoms with E-state index in [1.165, 1.54) is 16.7 Å². The molecule has 0 radical (unpaired) electrons. The zero-order chi connectivity index (χ0) is 14.6. The van der Waals surface area contributed by atoms with E-state index in [1.807, 2.05) is 0 Å². The van der Waals surface area contributed by atoms with Crippen molar-refractivity contribution in [2.75, 3.05) is 0 Å². The Morgan fingerprint density at radius 1 is 0.900 bits per heavy atom. The third-order valence-corrected chi connectivity index (χ3v) is 3.86. The van der Waals surface area contributed by atoms with E-state index in [2.05, 4.69) is 90.5 Å². The van der Waals surface area contributed by atoms with Gasteiger partial charge in [-0.15, -0.1) is 0 Å². The summed E-state index contributed by atoms with van der Waals surface area (Å²) in [4.78, 5) is 0. The highest BCUT2D eigenvalue weighted by Gasteiger charge is 2.12. The van der Waals surface area contributed by atoms with Gasteiger partial charge in [-0.1, -0.05) is 73.1 Å². The Hall–Kier alpha value is -1.12. The lowest BCUT2D eigenvalue weighted by atomic mass is 9.87. The first kappa shape index (κ1) is 15.3. The van der Waals surface area contributed by atoms with E-state index in [4.69, 9.17) is 0 Å². The van der Waals surface area contributed by atoms with Crippen molar-refractivity contribution < 1.29 is 0 Å². The highest BCUT2D eigenvalue weighted by molar-refractivity contribution is 9.10. The minimum absolute atomic E-state index is 0.224. The van der Waals surface area contributed by atoms with Crippen molar-refractivity contribution in [2.45, 2.75) is 39.3 Å². The van der Waals surface area contributed by atoms with Gasteiger partial charge >= 0.3 is 0 Å². The molecule has 106 valence electrons. The summed E-state index contributed by atoms with van der Waals surface area (Å²) in [5, 5.41) is 3.48. The topological polar surface area (TPSA) is 12.0 Å². The standard InChI is InChI=1S/C18H22BrN/c1-18(2,3)16-9-7-14(8-10-16)12-20-13-15-5-4-6-17(19)11-15/h4-11,20H,12-13H2,1-3H3. The summed E-state index contributed by atoms with van der Waals surface area (Å²) < 4.78 is 1.13. The summed E-state index contributed by atoms with van der Waals surface area (Å²) in [6, 6.07) is 17.3. The number of rotatable bonds is 4. The van der Waals surface area contributed by atoms with Gasteiger partial charge in [-0.05, 0) is 34.2 Å². The second-order valence-corrected chi connectivity index (χ2v) is 7.10. The van der Waals surface area contributed by atoms with E-state index in [-0.39, 0.29) is 5.41 Å². The molecule has 0 spiro atoms. The summed E-state index contributed by atoms with van der Waals surface area (Å²) in [5.41, 5.74) is 4.23. The smallest absolute Gasteiger partial charge is 0.0209 e. The van der Waals surface area contributed by atoms with Gasteiger partial charge in [0.05, 0.1) is 0 Å². The van der Waals surface area contributed by atoms with E-state index in [0.29, 0.717) is 0 Å². The van der Waals surface area contributed by atoms with Crippen LogP contribution in [0.15, 0.2) is 53.0 Å². The number of benzene rings is 2. The predicted molar refractivity (Wildman–Crippen MR) is 89.8 cm³/mol. The first-order valence-corrected chi connectivity index (χ1v) is 7.79. The maximum atomic E-state index is 3.50. The van der Waals surface area contributed by atoms with Crippen LogP contribution in [0.5, 0.6) is 0 Å². The third-order valence-electron chi connectivity index (χ3n) is 3.37. The molecule has 0 heterocycles.